The zero-order valence-electron chi connectivity index (χ0n) is 8.38. The lowest BCUT2D eigenvalue weighted by Gasteiger charge is -2.12. The number of halogens is 3. The van der Waals surface area contributed by atoms with Crippen molar-refractivity contribution in [1.82, 2.24) is 0 Å². The molecule has 15 heavy (non-hydrogen) atoms. The highest BCUT2D eigenvalue weighted by molar-refractivity contribution is 5.29. The molecule has 0 radical (unpaired) electrons. The Morgan fingerprint density at radius 3 is 2.40 bits per heavy atom. The highest BCUT2D eigenvalue weighted by Gasteiger charge is 2.32. The second-order valence-corrected chi connectivity index (χ2v) is 3.54. The fourth-order valence-electron chi connectivity index (χ4n) is 1.38. The third-order valence-electron chi connectivity index (χ3n) is 2.15. The summed E-state index contributed by atoms with van der Waals surface area (Å²) < 4.78 is 37.5. The van der Waals surface area contributed by atoms with Crippen LogP contribution in [0, 0.1) is 0 Å². The summed E-state index contributed by atoms with van der Waals surface area (Å²) in [5, 5.41) is 9.03. The molecule has 0 saturated heterocycles. The summed E-state index contributed by atoms with van der Waals surface area (Å²) >= 11 is 0. The Hall–Kier alpha value is -1.03. The molecular weight excluding hydrogens is 205 g/mol. The molecule has 0 bridgehead atoms. The van der Waals surface area contributed by atoms with E-state index in [0.717, 1.165) is 6.07 Å². The van der Waals surface area contributed by atoms with Gasteiger partial charge in [-0.05, 0) is 31.4 Å². The maximum Gasteiger partial charge on any atom is 0.416 e. The molecule has 0 unspecified atom stereocenters. The third-order valence-corrected chi connectivity index (χ3v) is 2.15. The molecule has 1 rings (SSSR count). The molecule has 4 heteroatoms. The first-order valence-corrected chi connectivity index (χ1v) is 4.74. The molecule has 0 spiro atoms. The fraction of sp³-hybridized carbons (Fsp3) is 0.455. The lowest BCUT2D eigenvalue weighted by Crippen LogP contribution is -2.10. The van der Waals surface area contributed by atoms with Crippen LogP contribution in [0.5, 0.6) is 0 Å². The first-order chi connectivity index (χ1) is 6.91. The number of aliphatic hydroxyl groups excluding tert-OH is 1. The molecule has 0 saturated carbocycles. The number of benzene rings is 1. The van der Waals surface area contributed by atoms with Crippen LogP contribution in [0.1, 0.15) is 24.5 Å². The topological polar surface area (TPSA) is 20.2 Å². The van der Waals surface area contributed by atoms with E-state index in [4.69, 9.17) is 5.11 Å². The third kappa shape index (κ3) is 3.55. The zero-order chi connectivity index (χ0) is 11.5. The van der Waals surface area contributed by atoms with Gasteiger partial charge in [0, 0.05) is 0 Å². The van der Waals surface area contributed by atoms with Crippen LogP contribution >= 0.6 is 0 Å². The standard InChI is InChI=1S/C11H13F3O/c1-8(15)6-7-9-4-2-3-5-10(9)11(12,13)14/h2-5,8,15H,6-7H2,1H3/t8-/m0/s1. The van der Waals surface area contributed by atoms with E-state index in [0.29, 0.717) is 6.42 Å². The largest absolute Gasteiger partial charge is 0.416 e. The monoisotopic (exact) mass is 218 g/mol. The van der Waals surface area contributed by atoms with Crippen LogP contribution in [0.15, 0.2) is 24.3 Å². The van der Waals surface area contributed by atoms with Crippen molar-refractivity contribution < 1.29 is 18.3 Å². The number of aliphatic hydroxyl groups is 1. The molecular formula is C11H13F3O. The van der Waals surface area contributed by atoms with E-state index in [9.17, 15) is 13.2 Å². The molecule has 84 valence electrons. The lowest BCUT2D eigenvalue weighted by molar-refractivity contribution is -0.138. The Kier molecular flexibility index (Phi) is 3.74. The minimum absolute atomic E-state index is 0.242. The Labute approximate surface area is 86.5 Å². The normalized spacial score (nSPS) is 13.9. The van der Waals surface area contributed by atoms with Crippen molar-refractivity contribution in [3.63, 3.8) is 0 Å². The second kappa shape index (κ2) is 4.66. The summed E-state index contributed by atoms with van der Waals surface area (Å²) in [5.41, 5.74) is -0.364. The number of hydrogen-bond donors (Lipinski definition) is 1. The van der Waals surface area contributed by atoms with E-state index in [2.05, 4.69) is 0 Å². The highest BCUT2D eigenvalue weighted by atomic mass is 19.4. The molecule has 0 aliphatic carbocycles. The predicted octanol–water partition coefficient (Wildman–Crippen LogP) is 3.02. The van der Waals surface area contributed by atoms with E-state index >= 15 is 0 Å². The summed E-state index contributed by atoms with van der Waals surface area (Å²) in [6, 6.07) is 5.46. The van der Waals surface area contributed by atoms with Crippen molar-refractivity contribution in [3.8, 4) is 0 Å². The molecule has 0 aromatic heterocycles. The van der Waals surface area contributed by atoms with Crippen LogP contribution in [0.4, 0.5) is 13.2 Å². The van der Waals surface area contributed by atoms with Gasteiger partial charge in [0.05, 0.1) is 11.7 Å². The first-order valence-electron chi connectivity index (χ1n) is 4.74. The molecule has 1 N–H and O–H groups in total. The summed E-state index contributed by atoms with van der Waals surface area (Å²) in [5.74, 6) is 0. The average Bonchev–Trinajstić information content (AvgIpc) is 2.13. The molecule has 1 aromatic rings. The van der Waals surface area contributed by atoms with Crippen LogP contribution in [0.25, 0.3) is 0 Å². The fourth-order valence-corrected chi connectivity index (χ4v) is 1.38. The van der Waals surface area contributed by atoms with Crippen molar-refractivity contribution in [2.24, 2.45) is 0 Å². The van der Waals surface area contributed by atoms with Gasteiger partial charge in [-0.25, -0.2) is 0 Å². The number of rotatable bonds is 3. The van der Waals surface area contributed by atoms with Gasteiger partial charge in [0.15, 0.2) is 0 Å². The molecule has 1 nitrogen and oxygen atoms in total. The van der Waals surface area contributed by atoms with Crippen LogP contribution in [-0.2, 0) is 12.6 Å². The average molecular weight is 218 g/mol. The van der Waals surface area contributed by atoms with Crippen LogP contribution in [-0.4, -0.2) is 11.2 Å². The Morgan fingerprint density at radius 2 is 1.87 bits per heavy atom. The maximum absolute atomic E-state index is 12.5. The van der Waals surface area contributed by atoms with Gasteiger partial charge in [0.25, 0.3) is 0 Å². The van der Waals surface area contributed by atoms with Gasteiger partial charge < -0.3 is 5.11 Å². The maximum atomic E-state index is 12.5. The van der Waals surface area contributed by atoms with Gasteiger partial charge in [0.2, 0.25) is 0 Å². The number of aryl methyl sites for hydroxylation is 1. The summed E-state index contributed by atoms with van der Waals surface area (Å²) in [4.78, 5) is 0. The Balaban J connectivity index is 2.87. The van der Waals surface area contributed by atoms with Crippen LogP contribution < -0.4 is 0 Å². The Bertz CT molecular complexity index is 318. The van der Waals surface area contributed by atoms with Gasteiger partial charge >= 0.3 is 6.18 Å². The lowest BCUT2D eigenvalue weighted by atomic mass is 10.0. The Morgan fingerprint density at radius 1 is 1.27 bits per heavy atom. The predicted molar refractivity (Wildman–Crippen MR) is 51.4 cm³/mol. The highest BCUT2D eigenvalue weighted by Crippen LogP contribution is 2.32. The minimum Gasteiger partial charge on any atom is -0.393 e. The molecule has 0 aliphatic heterocycles. The van der Waals surface area contributed by atoms with E-state index in [1.54, 1.807) is 13.0 Å². The molecule has 0 amide bonds. The van der Waals surface area contributed by atoms with Crippen molar-refractivity contribution >= 4 is 0 Å². The zero-order valence-corrected chi connectivity index (χ0v) is 8.38. The number of hydrogen-bond acceptors (Lipinski definition) is 1. The summed E-state index contributed by atoms with van der Waals surface area (Å²) in [6.45, 7) is 1.57. The summed E-state index contributed by atoms with van der Waals surface area (Å²) in [7, 11) is 0. The van der Waals surface area contributed by atoms with Crippen molar-refractivity contribution in [3.05, 3.63) is 35.4 Å². The minimum atomic E-state index is -4.31. The molecule has 1 atom stereocenters. The molecule has 0 heterocycles. The van der Waals surface area contributed by atoms with Gasteiger partial charge in [-0.15, -0.1) is 0 Å². The van der Waals surface area contributed by atoms with Crippen molar-refractivity contribution in [2.45, 2.75) is 32.0 Å². The van der Waals surface area contributed by atoms with Crippen molar-refractivity contribution in [2.75, 3.05) is 0 Å². The van der Waals surface area contributed by atoms with Gasteiger partial charge in [-0.2, -0.15) is 13.2 Å². The van der Waals surface area contributed by atoms with Gasteiger partial charge in [0.1, 0.15) is 0 Å². The first kappa shape index (κ1) is 12.0. The molecule has 0 fully saturated rings. The summed E-state index contributed by atoms with van der Waals surface area (Å²) in [6.07, 6.45) is -4.30. The second-order valence-electron chi connectivity index (χ2n) is 3.54. The van der Waals surface area contributed by atoms with Crippen molar-refractivity contribution in [1.29, 1.82) is 0 Å². The smallest absolute Gasteiger partial charge is 0.393 e. The van der Waals surface area contributed by atoms with E-state index in [1.165, 1.54) is 12.1 Å². The SMILES string of the molecule is C[C@H](O)CCc1ccccc1C(F)(F)F. The van der Waals surface area contributed by atoms with Gasteiger partial charge in [-0.3, -0.25) is 0 Å². The molecule has 0 aliphatic rings. The number of alkyl halides is 3. The van der Waals surface area contributed by atoms with E-state index in [1.807, 2.05) is 0 Å². The van der Waals surface area contributed by atoms with Crippen LogP contribution in [0.2, 0.25) is 0 Å². The van der Waals surface area contributed by atoms with E-state index in [-0.39, 0.29) is 12.0 Å². The van der Waals surface area contributed by atoms with Crippen LogP contribution in [0.3, 0.4) is 0 Å². The van der Waals surface area contributed by atoms with E-state index < -0.39 is 17.8 Å². The quantitative estimate of drug-likeness (QED) is 0.826. The molecule has 1 aromatic carbocycles. The van der Waals surface area contributed by atoms with Gasteiger partial charge in [-0.1, -0.05) is 18.2 Å².